The summed E-state index contributed by atoms with van der Waals surface area (Å²) in [4.78, 5) is 22.4. The van der Waals surface area contributed by atoms with Crippen LogP contribution in [-0.4, -0.2) is 41.6 Å². The van der Waals surface area contributed by atoms with Gasteiger partial charge in [-0.05, 0) is 25.0 Å². The van der Waals surface area contributed by atoms with Gasteiger partial charge in [0, 0.05) is 49.9 Å². The summed E-state index contributed by atoms with van der Waals surface area (Å²) in [6.45, 7) is 2.36. The van der Waals surface area contributed by atoms with Crippen LogP contribution in [0.15, 0.2) is 29.9 Å². The second kappa shape index (κ2) is 8.55. The van der Waals surface area contributed by atoms with E-state index in [-0.39, 0.29) is 5.91 Å². The topological polar surface area (TPSA) is 93.9 Å². The SMILES string of the molecule is N#Cc1cccnc1N1CCC(NCCC(=O)Nc2nccs2)CC1. The molecule has 0 radical (unpaired) electrons. The molecule has 1 amide bonds. The number of nitriles is 1. The maximum Gasteiger partial charge on any atom is 0.227 e. The van der Waals surface area contributed by atoms with Gasteiger partial charge in [0.1, 0.15) is 11.9 Å². The number of amides is 1. The van der Waals surface area contributed by atoms with Gasteiger partial charge in [0.2, 0.25) is 5.91 Å². The zero-order valence-electron chi connectivity index (χ0n) is 13.8. The Kier molecular flexibility index (Phi) is 5.93. The molecule has 3 heterocycles. The Hall–Kier alpha value is -2.50. The summed E-state index contributed by atoms with van der Waals surface area (Å²) in [6.07, 6.45) is 5.76. The Morgan fingerprint density at radius 2 is 2.20 bits per heavy atom. The molecule has 0 spiro atoms. The van der Waals surface area contributed by atoms with Gasteiger partial charge < -0.3 is 15.5 Å². The monoisotopic (exact) mass is 356 g/mol. The number of nitrogens with zero attached hydrogens (tertiary/aromatic N) is 4. The number of rotatable bonds is 6. The van der Waals surface area contributed by atoms with Crippen LogP contribution < -0.4 is 15.5 Å². The van der Waals surface area contributed by atoms with Crippen LogP contribution in [0.25, 0.3) is 0 Å². The average molecular weight is 356 g/mol. The highest BCUT2D eigenvalue weighted by Gasteiger charge is 2.21. The number of carbonyl (C=O) groups excluding carboxylic acids is 1. The van der Waals surface area contributed by atoms with Crippen molar-refractivity contribution >= 4 is 28.2 Å². The predicted octanol–water partition coefficient (Wildman–Crippen LogP) is 2.00. The molecule has 2 N–H and O–H groups in total. The van der Waals surface area contributed by atoms with Crippen molar-refractivity contribution in [1.82, 2.24) is 15.3 Å². The summed E-state index contributed by atoms with van der Waals surface area (Å²) >= 11 is 1.42. The first-order valence-electron chi connectivity index (χ1n) is 8.29. The number of thiazole rings is 1. The number of piperidine rings is 1. The molecule has 2 aromatic heterocycles. The van der Waals surface area contributed by atoms with Gasteiger partial charge in [-0.3, -0.25) is 4.79 Å². The maximum absolute atomic E-state index is 11.8. The third-order valence-electron chi connectivity index (χ3n) is 4.17. The zero-order valence-corrected chi connectivity index (χ0v) is 14.6. The highest BCUT2D eigenvalue weighted by atomic mass is 32.1. The van der Waals surface area contributed by atoms with E-state index in [2.05, 4.69) is 31.6 Å². The molecule has 3 rings (SSSR count). The minimum atomic E-state index is -0.0213. The number of pyridine rings is 1. The fourth-order valence-corrected chi connectivity index (χ4v) is 3.43. The third-order valence-corrected chi connectivity index (χ3v) is 4.85. The maximum atomic E-state index is 11.8. The first kappa shape index (κ1) is 17.3. The number of hydrogen-bond donors (Lipinski definition) is 2. The van der Waals surface area contributed by atoms with Crippen LogP contribution in [-0.2, 0) is 4.79 Å². The molecular weight excluding hydrogens is 336 g/mol. The molecule has 1 saturated heterocycles. The van der Waals surface area contributed by atoms with E-state index in [9.17, 15) is 10.1 Å². The quantitative estimate of drug-likeness (QED) is 0.822. The summed E-state index contributed by atoms with van der Waals surface area (Å²) in [5.74, 6) is 0.748. The van der Waals surface area contributed by atoms with Crippen LogP contribution >= 0.6 is 11.3 Å². The second-order valence-electron chi connectivity index (χ2n) is 5.84. The molecule has 0 atom stereocenters. The molecular formula is C17H20N6OS. The molecule has 25 heavy (non-hydrogen) atoms. The zero-order chi connectivity index (χ0) is 17.5. The van der Waals surface area contributed by atoms with Crippen LogP contribution in [0.4, 0.5) is 10.9 Å². The molecule has 0 saturated carbocycles. The van der Waals surface area contributed by atoms with E-state index >= 15 is 0 Å². The minimum absolute atomic E-state index is 0.0213. The number of carbonyl (C=O) groups is 1. The standard InChI is InChI=1S/C17H20N6OS/c18-12-13-2-1-6-20-16(13)23-9-4-14(5-10-23)19-7-3-15(24)22-17-21-8-11-25-17/h1-2,6,8,11,14,19H,3-5,7,9-10H2,(H,21,22,24). The normalized spacial score (nSPS) is 14.9. The Morgan fingerprint density at radius 3 is 2.92 bits per heavy atom. The molecule has 8 heteroatoms. The second-order valence-corrected chi connectivity index (χ2v) is 6.73. The predicted molar refractivity (Wildman–Crippen MR) is 97.6 cm³/mol. The molecule has 0 bridgehead atoms. The molecule has 7 nitrogen and oxygen atoms in total. The van der Waals surface area contributed by atoms with Crippen molar-refractivity contribution < 1.29 is 4.79 Å². The summed E-state index contributed by atoms with van der Waals surface area (Å²) in [6, 6.07) is 6.17. The lowest BCUT2D eigenvalue weighted by atomic mass is 10.0. The van der Waals surface area contributed by atoms with Crippen molar-refractivity contribution in [3.8, 4) is 6.07 Å². The van der Waals surface area contributed by atoms with E-state index in [1.165, 1.54) is 11.3 Å². The van der Waals surface area contributed by atoms with Gasteiger partial charge in [-0.25, -0.2) is 9.97 Å². The van der Waals surface area contributed by atoms with Gasteiger partial charge in [-0.1, -0.05) is 0 Å². The Labute approximate surface area is 150 Å². The summed E-state index contributed by atoms with van der Waals surface area (Å²) in [7, 11) is 0. The van der Waals surface area contributed by atoms with Gasteiger partial charge in [-0.2, -0.15) is 5.26 Å². The molecule has 0 unspecified atom stereocenters. The highest BCUT2D eigenvalue weighted by Crippen LogP contribution is 2.21. The van der Waals surface area contributed by atoms with Crippen LogP contribution in [0.3, 0.4) is 0 Å². The van der Waals surface area contributed by atoms with E-state index in [1.54, 1.807) is 24.5 Å². The summed E-state index contributed by atoms with van der Waals surface area (Å²) < 4.78 is 0. The minimum Gasteiger partial charge on any atom is -0.355 e. The number of aromatic nitrogens is 2. The Balaban J connectivity index is 1.39. The molecule has 1 aliphatic heterocycles. The van der Waals surface area contributed by atoms with Crippen molar-refractivity contribution in [1.29, 1.82) is 5.26 Å². The van der Waals surface area contributed by atoms with Crippen LogP contribution in [0, 0.1) is 11.3 Å². The van der Waals surface area contributed by atoms with Gasteiger partial charge in [0.05, 0.1) is 5.56 Å². The lowest BCUT2D eigenvalue weighted by molar-refractivity contribution is -0.116. The van der Waals surface area contributed by atoms with Crippen LogP contribution in [0.1, 0.15) is 24.8 Å². The van der Waals surface area contributed by atoms with Gasteiger partial charge in [0.25, 0.3) is 0 Å². The molecule has 130 valence electrons. The largest absolute Gasteiger partial charge is 0.355 e. The van der Waals surface area contributed by atoms with Crippen molar-refractivity contribution in [2.75, 3.05) is 29.9 Å². The number of hydrogen-bond acceptors (Lipinski definition) is 7. The van der Waals surface area contributed by atoms with E-state index in [1.807, 2.05) is 5.38 Å². The average Bonchev–Trinajstić information content (AvgIpc) is 3.15. The van der Waals surface area contributed by atoms with Crippen LogP contribution in [0.5, 0.6) is 0 Å². The fraction of sp³-hybridized carbons (Fsp3) is 0.412. The fourth-order valence-electron chi connectivity index (χ4n) is 2.89. The van der Waals surface area contributed by atoms with Crippen molar-refractivity contribution in [3.05, 3.63) is 35.5 Å². The molecule has 0 aliphatic carbocycles. The first-order chi connectivity index (χ1) is 12.3. The third kappa shape index (κ3) is 4.75. The van der Waals surface area contributed by atoms with E-state index in [0.717, 1.165) is 31.7 Å². The van der Waals surface area contributed by atoms with E-state index in [0.29, 0.717) is 29.7 Å². The van der Waals surface area contributed by atoms with Crippen molar-refractivity contribution in [3.63, 3.8) is 0 Å². The summed E-state index contributed by atoms with van der Waals surface area (Å²) in [5, 5.41) is 17.9. The Bertz CT molecular complexity index is 734. The molecule has 1 fully saturated rings. The lowest BCUT2D eigenvalue weighted by Crippen LogP contribution is -2.43. The highest BCUT2D eigenvalue weighted by molar-refractivity contribution is 7.13. The lowest BCUT2D eigenvalue weighted by Gasteiger charge is -2.33. The van der Waals surface area contributed by atoms with E-state index in [4.69, 9.17) is 0 Å². The molecule has 2 aromatic rings. The first-order valence-corrected chi connectivity index (χ1v) is 9.17. The van der Waals surface area contributed by atoms with Gasteiger partial charge in [-0.15, -0.1) is 11.3 Å². The van der Waals surface area contributed by atoms with E-state index < -0.39 is 0 Å². The summed E-state index contributed by atoms with van der Waals surface area (Å²) in [5.41, 5.74) is 0.618. The van der Waals surface area contributed by atoms with Crippen molar-refractivity contribution in [2.45, 2.75) is 25.3 Å². The smallest absolute Gasteiger partial charge is 0.227 e. The number of anilines is 2. The van der Waals surface area contributed by atoms with Crippen LogP contribution in [0.2, 0.25) is 0 Å². The van der Waals surface area contributed by atoms with Gasteiger partial charge in [0.15, 0.2) is 5.13 Å². The molecule has 1 aliphatic rings. The van der Waals surface area contributed by atoms with Crippen molar-refractivity contribution in [2.24, 2.45) is 0 Å². The Morgan fingerprint density at radius 1 is 1.36 bits per heavy atom. The van der Waals surface area contributed by atoms with Gasteiger partial charge >= 0.3 is 0 Å². The molecule has 0 aromatic carbocycles. The number of nitrogens with one attached hydrogen (secondary N) is 2.